The number of nitrogens with zero attached hydrogens (tertiary/aromatic N) is 3. The van der Waals surface area contributed by atoms with Crippen molar-refractivity contribution < 1.29 is 4.79 Å². The zero-order valence-electron chi connectivity index (χ0n) is 10.8. The first-order valence-electron chi connectivity index (χ1n) is 6.11. The molecule has 1 aromatic carbocycles. The Bertz CT molecular complexity index is 539. The van der Waals surface area contributed by atoms with Crippen molar-refractivity contribution in [2.75, 3.05) is 12.3 Å². The maximum Gasteiger partial charge on any atom is 0.255 e. The fraction of sp³-hybridized carbons (Fsp3) is 0.214. The molecule has 5 nitrogen and oxygen atoms in total. The van der Waals surface area contributed by atoms with Crippen LogP contribution in [0.4, 0.5) is 5.69 Å². The van der Waals surface area contributed by atoms with Crippen LogP contribution >= 0.6 is 0 Å². The summed E-state index contributed by atoms with van der Waals surface area (Å²) in [6.45, 7) is 3.13. The van der Waals surface area contributed by atoms with Crippen molar-refractivity contribution in [3.63, 3.8) is 0 Å². The predicted molar refractivity (Wildman–Crippen MR) is 73.3 cm³/mol. The fourth-order valence-electron chi connectivity index (χ4n) is 1.77. The van der Waals surface area contributed by atoms with Crippen molar-refractivity contribution in [2.24, 2.45) is 0 Å². The highest BCUT2D eigenvalue weighted by molar-refractivity contribution is 5.93. The summed E-state index contributed by atoms with van der Waals surface area (Å²) in [5.41, 5.74) is 7.96. The first kappa shape index (κ1) is 13.0. The molecule has 0 saturated heterocycles. The number of nitrogen functional groups attached to an aromatic ring is 1. The third-order valence-corrected chi connectivity index (χ3v) is 2.85. The molecule has 0 atom stereocenters. The third-order valence-electron chi connectivity index (χ3n) is 2.85. The molecule has 2 N–H and O–H groups in total. The average Bonchev–Trinajstić information content (AvgIpc) is 2.47. The van der Waals surface area contributed by atoms with Gasteiger partial charge in [-0.3, -0.25) is 4.79 Å². The van der Waals surface area contributed by atoms with E-state index in [1.807, 2.05) is 31.2 Å². The van der Waals surface area contributed by atoms with Crippen molar-refractivity contribution in [1.82, 2.24) is 15.1 Å². The number of hydrogen-bond donors (Lipinski definition) is 1. The number of carbonyl (C=O) groups excluding carboxylic acids is 1. The van der Waals surface area contributed by atoms with Gasteiger partial charge in [0.1, 0.15) is 0 Å². The molecule has 0 saturated carbocycles. The Hall–Kier alpha value is -2.43. The molecule has 1 amide bonds. The molecule has 98 valence electrons. The van der Waals surface area contributed by atoms with Crippen molar-refractivity contribution >= 4 is 11.6 Å². The van der Waals surface area contributed by atoms with E-state index in [2.05, 4.69) is 10.2 Å². The van der Waals surface area contributed by atoms with Crippen LogP contribution in [0.15, 0.2) is 42.7 Å². The second-order valence-electron chi connectivity index (χ2n) is 4.19. The van der Waals surface area contributed by atoms with Crippen LogP contribution in [0.2, 0.25) is 0 Å². The molecular weight excluding hydrogens is 240 g/mol. The van der Waals surface area contributed by atoms with Crippen molar-refractivity contribution in [3.8, 4) is 0 Å². The van der Waals surface area contributed by atoms with Gasteiger partial charge in [-0.05, 0) is 30.7 Å². The number of carbonyl (C=O) groups is 1. The van der Waals surface area contributed by atoms with E-state index in [4.69, 9.17) is 5.73 Å². The van der Waals surface area contributed by atoms with Gasteiger partial charge >= 0.3 is 0 Å². The Balaban J connectivity index is 2.12. The normalized spacial score (nSPS) is 10.2. The van der Waals surface area contributed by atoms with Gasteiger partial charge in [-0.2, -0.15) is 10.2 Å². The largest absolute Gasteiger partial charge is 0.399 e. The quantitative estimate of drug-likeness (QED) is 0.845. The number of nitrogens with two attached hydrogens (primary N) is 1. The van der Waals surface area contributed by atoms with Crippen LogP contribution in [0.25, 0.3) is 0 Å². The third kappa shape index (κ3) is 3.28. The summed E-state index contributed by atoms with van der Waals surface area (Å²) in [5.74, 6) is -0.0470. The van der Waals surface area contributed by atoms with Gasteiger partial charge in [-0.1, -0.05) is 12.1 Å². The van der Waals surface area contributed by atoms with Gasteiger partial charge in [0.2, 0.25) is 0 Å². The lowest BCUT2D eigenvalue weighted by atomic mass is 10.2. The Morgan fingerprint density at radius 1 is 1.21 bits per heavy atom. The molecule has 1 aromatic heterocycles. The SMILES string of the molecule is CCN(Cc1ccc(N)cc1)C(=O)c1ccnnc1. The lowest BCUT2D eigenvalue weighted by Crippen LogP contribution is -2.30. The lowest BCUT2D eigenvalue weighted by Gasteiger charge is -2.20. The Morgan fingerprint density at radius 3 is 2.53 bits per heavy atom. The van der Waals surface area contributed by atoms with E-state index in [0.717, 1.165) is 11.3 Å². The number of amides is 1. The van der Waals surface area contributed by atoms with Gasteiger partial charge in [0.05, 0.1) is 18.0 Å². The first-order chi connectivity index (χ1) is 9.20. The van der Waals surface area contributed by atoms with E-state index in [-0.39, 0.29) is 5.91 Å². The summed E-state index contributed by atoms with van der Waals surface area (Å²) < 4.78 is 0. The van der Waals surface area contributed by atoms with Gasteiger partial charge in [0, 0.05) is 18.8 Å². The molecule has 0 spiro atoms. The standard InChI is InChI=1S/C14H16N4O/c1-2-18(10-11-3-5-13(15)6-4-11)14(19)12-7-8-16-17-9-12/h3-9H,2,10,15H2,1H3. The Kier molecular flexibility index (Phi) is 4.07. The minimum atomic E-state index is -0.0470. The highest BCUT2D eigenvalue weighted by atomic mass is 16.2. The Morgan fingerprint density at radius 2 is 1.95 bits per heavy atom. The van der Waals surface area contributed by atoms with Crippen LogP contribution in [-0.4, -0.2) is 27.5 Å². The number of benzene rings is 1. The highest BCUT2D eigenvalue weighted by Gasteiger charge is 2.14. The first-order valence-corrected chi connectivity index (χ1v) is 6.11. The van der Waals surface area contributed by atoms with E-state index in [9.17, 15) is 4.79 Å². The second kappa shape index (κ2) is 5.95. The van der Waals surface area contributed by atoms with Gasteiger partial charge in [0.15, 0.2) is 0 Å². The summed E-state index contributed by atoms with van der Waals surface area (Å²) in [6, 6.07) is 9.19. The number of aromatic nitrogens is 2. The smallest absolute Gasteiger partial charge is 0.255 e. The number of hydrogen-bond acceptors (Lipinski definition) is 4. The topological polar surface area (TPSA) is 72.1 Å². The average molecular weight is 256 g/mol. The minimum Gasteiger partial charge on any atom is -0.399 e. The van der Waals surface area contributed by atoms with E-state index < -0.39 is 0 Å². The van der Waals surface area contributed by atoms with Gasteiger partial charge in [-0.25, -0.2) is 0 Å². The fourth-order valence-corrected chi connectivity index (χ4v) is 1.77. The monoisotopic (exact) mass is 256 g/mol. The van der Waals surface area contributed by atoms with Gasteiger partial charge in [-0.15, -0.1) is 0 Å². The molecule has 0 aliphatic carbocycles. The maximum atomic E-state index is 12.3. The van der Waals surface area contributed by atoms with E-state index in [1.165, 1.54) is 12.4 Å². The highest BCUT2D eigenvalue weighted by Crippen LogP contribution is 2.11. The van der Waals surface area contributed by atoms with Crippen LogP contribution in [0, 0.1) is 0 Å². The maximum absolute atomic E-state index is 12.3. The Labute approximate surface area is 112 Å². The number of rotatable bonds is 4. The molecule has 1 heterocycles. The molecule has 0 bridgehead atoms. The second-order valence-corrected chi connectivity index (χ2v) is 4.19. The summed E-state index contributed by atoms with van der Waals surface area (Å²) >= 11 is 0. The summed E-state index contributed by atoms with van der Waals surface area (Å²) in [5, 5.41) is 7.40. The van der Waals surface area contributed by atoms with Crippen molar-refractivity contribution in [1.29, 1.82) is 0 Å². The molecule has 0 unspecified atom stereocenters. The molecule has 2 rings (SSSR count). The molecule has 0 aliphatic heterocycles. The minimum absolute atomic E-state index is 0.0470. The van der Waals surface area contributed by atoms with Crippen LogP contribution in [0.1, 0.15) is 22.8 Å². The molecule has 0 radical (unpaired) electrons. The summed E-state index contributed by atoms with van der Waals surface area (Å²) in [4.78, 5) is 14.0. The zero-order valence-corrected chi connectivity index (χ0v) is 10.8. The van der Waals surface area contributed by atoms with Gasteiger partial charge < -0.3 is 10.6 Å². The molecule has 19 heavy (non-hydrogen) atoms. The summed E-state index contributed by atoms with van der Waals surface area (Å²) in [7, 11) is 0. The van der Waals surface area contributed by atoms with Crippen LogP contribution in [-0.2, 0) is 6.54 Å². The van der Waals surface area contributed by atoms with Gasteiger partial charge in [0.25, 0.3) is 5.91 Å². The molecule has 5 heteroatoms. The van der Waals surface area contributed by atoms with E-state index in [0.29, 0.717) is 18.7 Å². The van der Waals surface area contributed by atoms with Crippen LogP contribution < -0.4 is 5.73 Å². The van der Waals surface area contributed by atoms with Crippen LogP contribution in [0.5, 0.6) is 0 Å². The number of anilines is 1. The molecule has 2 aromatic rings. The molecular formula is C14H16N4O. The lowest BCUT2D eigenvalue weighted by molar-refractivity contribution is 0.0752. The molecule has 0 aliphatic rings. The zero-order chi connectivity index (χ0) is 13.7. The predicted octanol–water partition coefficient (Wildman–Crippen LogP) is 1.72. The van der Waals surface area contributed by atoms with Crippen LogP contribution in [0.3, 0.4) is 0 Å². The van der Waals surface area contributed by atoms with E-state index >= 15 is 0 Å². The van der Waals surface area contributed by atoms with E-state index in [1.54, 1.807) is 11.0 Å². The van der Waals surface area contributed by atoms with Crippen molar-refractivity contribution in [3.05, 3.63) is 53.9 Å². The van der Waals surface area contributed by atoms with Crippen molar-refractivity contribution in [2.45, 2.75) is 13.5 Å². The summed E-state index contributed by atoms with van der Waals surface area (Å²) in [6.07, 6.45) is 3.00. The molecule has 0 fully saturated rings.